The summed E-state index contributed by atoms with van der Waals surface area (Å²) >= 11 is 0. The lowest BCUT2D eigenvalue weighted by molar-refractivity contribution is -0.122. The fourth-order valence-corrected chi connectivity index (χ4v) is 6.52. The van der Waals surface area contributed by atoms with E-state index < -0.39 is 17.6 Å². The van der Waals surface area contributed by atoms with Gasteiger partial charge in [0, 0.05) is 25.0 Å². The van der Waals surface area contributed by atoms with Gasteiger partial charge in [-0.15, -0.1) is 0 Å². The molecule has 0 aromatic heterocycles. The average molecular weight is 531 g/mol. The number of carbonyl (C=O) groups is 3. The fourth-order valence-electron chi connectivity index (χ4n) is 6.52. The van der Waals surface area contributed by atoms with Gasteiger partial charge in [0.05, 0.1) is 5.56 Å². The van der Waals surface area contributed by atoms with E-state index in [1.165, 1.54) is 31.4 Å². The van der Waals surface area contributed by atoms with Crippen molar-refractivity contribution in [3.05, 3.63) is 70.0 Å². The highest BCUT2D eigenvalue weighted by atomic mass is 16.3. The van der Waals surface area contributed by atoms with Crippen LogP contribution in [-0.2, 0) is 27.3 Å². The van der Waals surface area contributed by atoms with Gasteiger partial charge in [-0.2, -0.15) is 0 Å². The number of aliphatic hydroxyl groups is 2. The number of hydrogen-bond donors (Lipinski definition) is 4. The second-order valence-corrected chi connectivity index (χ2v) is 11.0. The Morgan fingerprint density at radius 2 is 1.67 bits per heavy atom. The van der Waals surface area contributed by atoms with Crippen LogP contribution in [0.3, 0.4) is 0 Å². The van der Waals surface area contributed by atoms with E-state index in [0.717, 1.165) is 36.3 Å². The van der Waals surface area contributed by atoms with Crippen molar-refractivity contribution in [1.82, 2.24) is 4.90 Å². The average Bonchev–Trinajstić information content (AvgIpc) is 3.37. The van der Waals surface area contributed by atoms with Crippen LogP contribution in [-0.4, -0.2) is 50.8 Å². The molecule has 8 nitrogen and oxygen atoms in total. The zero-order chi connectivity index (χ0) is 27.8. The number of primary amides is 1. The minimum Gasteiger partial charge on any atom is -0.511 e. The molecular weight excluding hydrogens is 496 g/mol. The van der Waals surface area contributed by atoms with E-state index in [2.05, 4.69) is 17.0 Å². The predicted molar refractivity (Wildman–Crippen MR) is 147 cm³/mol. The molecule has 2 unspecified atom stereocenters. The molecule has 8 heteroatoms. The molecule has 1 heterocycles. The topological polar surface area (TPSA) is 141 Å². The molecule has 5 rings (SSSR count). The Morgan fingerprint density at radius 3 is 2.28 bits per heavy atom. The molecule has 1 aliphatic heterocycles. The van der Waals surface area contributed by atoms with Crippen molar-refractivity contribution in [3.8, 4) is 16.9 Å². The molecule has 5 N–H and O–H groups in total. The Morgan fingerprint density at radius 1 is 0.974 bits per heavy atom. The van der Waals surface area contributed by atoms with Gasteiger partial charge in [0.1, 0.15) is 22.8 Å². The predicted octanol–water partition coefficient (Wildman–Crippen LogP) is 4.35. The molecule has 2 atom stereocenters. The number of hydrogen-bond acceptors (Lipinski definition) is 7. The molecule has 3 aliphatic rings. The highest BCUT2D eigenvalue weighted by molar-refractivity contribution is 6.19. The van der Waals surface area contributed by atoms with Crippen LogP contribution < -0.4 is 5.73 Å². The van der Waals surface area contributed by atoms with Crippen LogP contribution in [0.25, 0.3) is 16.9 Å². The molecule has 2 aromatic carbocycles. The van der Waals surface area contributed by atoms with Crippen molar-refractivity contribution in [2.75, 3.05) is 13.1 Å². The van der Waals surface area contributed by atoms with Crippen LogP contribution in [0, 0.1) is 11.8 Å². The van der Waals surface area contributed by atoms with Crippen molar-refractivity contribution in [1.29, 1.82) is 0 Å². The Kier molecular flexibility index (Phi) is 7.32. The Bertz CT molecular complexity index is 1400. The van der Waals surface area contributed by atoms with Crippen molar-refractivity contribution in [2.24, 2.45) is 17.6 Å². The fraction of sp³-hybridized carbons (Fsp3) is 0.387. The first kappa shape index (κ1) is 26.7. The SMILES string of the molecule is CC(=O)C1=C(O)c2c(O)ccc(-c3ccc(CN4CCCC4)cc3)c2CC1CC1CC(=O)C(C(N)=O)=C(O)C1. The number of ketones is 2. The first-order valence-corrected chi connectivity index (χ1v) is 13.5. The highest BCUT2D eigenvalue weighted by Crippen LogP contribution is 2.46. The smallest absolute Gasteiger partial charge is 0.255 e. The quantitative estimate of drug-likeness (QED) is 0.390. The number of benzene rings is 2. The summed E-state index contributed by atoms with van der Waals surface area (Å²) in [6, 6.07) is 11.6. The van der Waals surface area contributed by atoms with E-state index in [-0.39, 0.29) is 58.5 Å². The zero-order valence-corrected chi connectivity index (χ0v) is 22.1. The maximum atomic E-state index is 12.7. The van der Waals surface area contributed by atoms with Gasteiger partial charge < -0.3 is 21.1 Å². The first-order valence-electron chi connectivity index (χ1n) is 13.5. The molecule has 0 bridgehead atoms. The van der Waals surface area contributed by atoms with Crippen LogP contribution in [0.2, 0.25) is 0 Å². The summed E-state index contributed by atoms with van der Waals surface area (Å²) in [5, 5.41) is 32.3. The second kappa shape index (κ2) is 10.7. The number of likely N-dealkylation sites (tertiary alicyclic amines) is 1. The molecule has 2 aromatic rings. The van der Waals surface area contributed by atoms with Crippen LogP contribution in [0.1, 0.15) is 55.7 Å². The number of fused-ring (bicyclic) bond motifs is 1. The van der Waals surface area contributed by atoms with Gasteiger partial charge in [0.2, 0.25) is 0 Å². The van der Waals surface area contributed by atoms with Crippen molar-refractivity contribution >= 4 is 23.2 Å². The minimum absolute atomic E-state index is 0.0169. The third-order valence-corrected chi connectivity index (χ3v) is 8.28. The number of amides is 1. The number of phenols is 1. The lowest BCUT2D eigenvalue weighted by Gasteiger charge is -2.32. The first-order chi connectivity index (χ1) is 18.6. The maximum absolute atomic E-state index is 12.7. The van der Waals surface area contributed by atoms with E-state index in [4.69, 9.17) is 5.73 Å². The number of rotatable bonds is 7. The van der Waals surface area contributed by atoms with Gasteiger partial charge in [0.25, 0.3) is 5.91 Å². The van der Waals surface area contributed by atoms with Crippen molar-refractivity contribution in [3.63, 3.8) is 0 Å². The Balaban J connectivity index is 1.47. The number of phenolic OH excluding ortho intramolecular Hbond substituents is 1. The van der Waals surface area contributed by atoms with Crippen LogP contribution in [0.15, 0.2) is 53.3 Å². The van der Waals surface area contributed by atoms with E-state index in [1.54, 1.807) is 0 Å². The normalized spacial score (nSPS) is 21.8. The standard InChI is InChI=1S/C31H34N2O6/c1-17(34)27-21(12-19-13-25(36)29(31(32)39)26(37)14-19)15-23-22(8-9-24(35)28(23)30(27)38)20-6-4-18(5-7-20)16-33-10-2-3-11-33/h4-9,19,21,35-36,38H,2-3,10-16H2,1H3,(H2,32,39). The van der Waals surface area contributed by atoms with E-state index in [0.29, 0.717) is 12.8 Å². The number of aromatic hydroxyl groups is 1. The lowest BCUT2D eigenvalue weighted by Crippen LogP contribution is -2.31. The van der Waals surface area contributed by atoms with Crippen molar-refractivity contribution < 1.29 is 29.7 Å². The molecule has 1 fully saturated rings. The van der Waals surface area contributed by atoms with Gasteiger partial charge in [0.15, 0.2) is 11.6 Å². The molecule has 0 radical (unpaired) electrons. The highest BCUT2D eigenvalue weighted by Gasteiger charge is 2.37. The third-order valence-electron chi connectivity index (χ3n) is 8.28. The number of aliphatic hydroxyl groups excluding tert-OH is 2. The molecule has 0 saturated carbocycles. The zero-order valence-electron chi connectivity index (χ0n) is 22.1. The summed E-state index contributed by atoms with van der Waals surface area (Å²) in [6.45, 7) is 4.50. The monoisotopic (exact) mass is 530 g/mol. The van der Waals surface area contributed by atoms with Gasteiger partial charge in [-0.1, -0.05) is 30.3 Å². The van der Waals surface area contributed by atoms with Gasteiger partial charge in [-0.3, -0.25) is 19.3 Å². The number of carbonyl (C=O) groups excluding carboxylic acids is 3. The van der Waals surface area contributed by atoms with Gasteiger partial charge in [-0.25, -0.2) is 0 Å². The molecule has 2 aliphatic carbocycles. The Hall–Kier alpha value is -3.91. The van der Waals surface area contributed by atoms with Crippen LogP contribution >= 0.6 is 0 Å². The van der Waals surface area contributed by atoms with Crippen molar-refractivity contribution in [2.45, 2.75) is 52.0 Å². The molecule has 204 valence electrons. The lowest BCUT2D eigenvalue weighted by atomic mass is 9.72. The van der Waals surface area contributed by atoms with E-state index in [9.17, 15) is 29.7 Å². The maximum Gasteiger partial charge on any atom is 0.255 e. The largest absolute Gasteiger partial charge is 0.511 e. The molecule has 1 amide bonds. The van der Waals surface area contributed by atoms with Gasteiger partial charge >= 0.3 is 0 Å². The third kappa shape index (κ3) is 5.21. The number of Topliss-reactive ketones (excluding diaryl/α,β-unsaturated/α-hetero) is 2. The molecule has 1 saturated heterocycles. The second-order valence-electron chi connectivity index (χ2n) is 11.0. The van der Waals surface area contributed by atoms with Gasteiger partial charge in [-0.05, 0) is 85.9 Å². The summed E-state index contributed by atoms with van der Waals surface area (Å²) in [5.74, 6) is -3.24. The summed E-state index contributed by atoms with van der Waals surface area (Å²) in [7, 11) is 0. The molecule has 39 heavy (non-hydrogen) atoms. The number of nitrogens with zero attached hydrogens (tertiary/aromatic N) is 1. The minimum atomic E-state index is -0.948. The van der Waals surface area contributed by atoms with Crippen LogP contribution in [0.4, 0.5) is 0 Å². The molecule has 0 spiro atoms. The Labute approximate surface area is 227 Å². The number of allylic oxidation sites excluding steroid dienone is 2. The summed E-state index contributed by atoms with van der Waals surface area (Å²) < 4.78 is 0. The van der Waals surface area contributed by atoms with E-state index in [1.807, 2.05) is 18.2 Å². The summed E-state index contributed by atoms with van der Waals surface area (Å²) in [4.78, 5) is 39.2. The van der Waals surface area contributed by atoms with Crippen LogP contribution in [0.5, 0.6) is 5.75 Å². The molecular formula is C31H34N2O6. The number of nitrogens with two attached hydrogens (primary N) is 1. The summed E-state index contributed by atoms with van der Waals surface area (Å²) in [5.41, 5.74) is 9.11. The van der Waals surface area contributed by atoms with E-state index >= 15 is 0 Å². The summed E-state index contributed by atoms with van der Waals surface area (Å²) in [6.07, 6.45) is 3.27.